The van der Waals surface area contributed by atoms with Gasteiger partial charge in [-0.1, -0.05) is 42.5 Å². The topological polar surface area (TPSA) is 37.9 Å². The third-order valence-corrected chi connectivity index (χ3v) is 9.43. The van der Waals surface area contributed by atoms with Gasteiger partial charge in [-0.2, -0.15) is 0 Å². The molecule has 1 aliphatic heterocycles. The highest BCUT2D eigenvalue weighted by atomic mass is 16.5. The first-order valence-corrected chi connectivity index (χ1v) is 17.2. The van der Waals surface area contributed by atoms with Crippen LogP contribution in [-0.4, -0.2) is 26.2 Å². The second-order valence-electron chi connectivity index (χ2n) is 12.5. The Labute approximate surface area is 285 Å². The SMILES string of the molecule is CCN(CC)c1ccc2c(-c3c(Oc4c(C)cccc4C)cccc3Oc3c(C)cccc3C)c3ccc(=[N+](CC)CC)cc-3oc2c1. The van der Waals surface area contributed by atoms with Crippen LogP contribution in [0.25, 0.3) is 33.4 Å². The number of anilines is 1. The van der Waals surface area contributed by atoms with E-state index < -0.39 is 0 Å². The number of aryl methyl sites for hydroxylation is 4. The van der Waals surface area contributed by atoms with Gasteiger partial charge in [0.15, 0.2) is 0 Å². The molecule has 5 nitrogen and oxygen atoms in total. The molecule has 0 atom stereocenters. The Morgan fingerprint density at radius 1 is 0.604 bits per heavy atom. The van der Waals surface area contributed by atoms with E-state index in [-0.39, 0.29) is 0 Å². The van der Waals surface area contributed by atoms with E-state index in [4.69, 9.17) is 13.9 Å². The molecule has 48 heavy (non-hydrogen) atoms. The Hall–Kier alpha value is -5.03. The predicted octanol–water partition coefficient (Wildman–Crippen LogP) is 10.7. The van der Waals surface area contributed by atoms with E-state index in [2.05, 4.69) is 150 Å². The van der Waals surface area contributed by atoms with Gasteiger partial charge in [0.2, 0.25) is 5.36 Å². The molecule has 246 valence electrons. The summed E-state index contributed by atoms with van der Waals surface area (Å²) in [6.45, 7) is 20.8. The van der Waals surface area contributed by atoms with Crippen molar-refractivity contribution in [1.29, 1.82) is 0 Å². The summed E-state index contributed by atoms with van der Waals surface area (Å²) in [6, 6.07) is 31.8. The van der Waals surface area contributed by atoms with Crippen molar-refractivity contribution in [2.45, 2.75) is 55.4 Å². The van der Waals surface area contributed by atoms with Crippen molar-refractivity contribution < 1.29 is 13.9 Å². The number of rotatable bonds is 10. The molecule has 1 heterocycles. The summed E-state index contributed by atoms with van der Waals surface area (Å²) in [7, 11) is 0. The van der Waals surface area contributed by atoms with E-state index in [9.17, 15) is 0 Å². The lowest BCUT2D eigenvalue weighted by Gasteiger charge is -2.24. The van der Waals surface area contributed by atoms with Crippen LogP contribution in [0.1, 0.15) is 49.9 Å². The molecule has 0 saturated carbocycles. The van der Waals surface area contributed by atoms with E-state index in [1.165, 1.54) is 0 Å². The maximum atomic E-state index is 6.93. The highest BCUT2D eigenvalue weighted by Crippen LogP contribution is 2.50. The molecule has 1 aliphatic carbocycles. The van der Waals surface area contributed by atoms with Crippen molar-refractivity contribution in [1.82, 2.24) is 4.58 Å². The Morgan fingerprint density at radius 3 is 1.67 bits per heavy atom. The summed E-state index contributed by atoms with van der Waals surface area (Å²) in [6.07, 6.45) is 0. The summed E-state index contributed by atoms with van der Waals surface area (Å²) in [5.41, 5.74) is 9.16. The maximum absolute atomic E-state index is 6.93. The van der Waals surface area contributed by atoms with Crippen LogP contribution in [0, 0.1) is 27.7 Å². The average molecular weight is 640 g/mol. The normalized spacial score (nSPS) is 11.2. The van der Waals surface area contributed by atoms with Crippen molar-refractivity contribution >= 4 is 16.7 Å². The van der Waals surface area contributed by atoms with Crippen LogP contribution in [-0.2, 0) is 0 Å². The van der Waals surface area contributed by atoms with Crippen LogP contribution in [0.2, 0.25) is 0 Å². The Kier molecular flexibility index (Phi) is 9.58. The van der Waals surface area contributed by atoms with Gasteiger partial charge in [-0.05, 0) is 108 Å². The van der Waals surface area contributed by atoms with Crippen molar-refractivity contribution in [3.8, 4) is 45.4 Å². The van der Waals surface area contributed by atoms with E-state index in [0.29, 0.717) is 0 Å². The number of fused-ring (bicyclic) bond motifs is 2. The molecule has 0 N–H and O–H groups in total. The minimum Gasteiger partial charge on any atom is -0.456 e. The van der Waals surface area contributed by atoms with Gasteiger partial charge >= 0.3 is 0 Å². The number of para-hydroxylation sites is 2. The van der Waals surface area contributed by atoms with Gasteiger partial charge in [-0.15, -0.1) is 0 Å². The average Bonchev–Trinajstić information content (AvgIpc) is 3.08. The van der Waals surface area contributed by atoms with E-state index in [0.717, 1.165) is 116 Å². The minimum absolute atomic E-state index is 0.727. The molecular formula is C43H47N2O3+. The van der Waals surface area contributed by atoms with Gasteiger partial charge in [0, 0.05) is 47.4 Å². The molecule has 4 aromatic carbocycles. The molecule has 0 spiro atoms. The van der Waals surface area contributed by atoms with Crippen molar-refractivity contribution in [3.63, 3.8) is 0 Å². The van der Waals surface area contributed by atoms with Gasteiger partial charge < -0.3 is 18.8 Å². The van der Waals surface area contributed by atoms with E-state index in [1.54, 1.807) is 0 Å². The molecular weight excluding hydrogens is 592 g/mol. The molecule has 0 radical (unpaired) electrons. The van der Waals surface area contributed by atoms with Crippen molar-refractivity contribution in [3.05, 3.63) is 119 Å². The number of benzene rings is 5. The lowest BCUT2D eigenvalue weighted by molar-refractivity contribution is 0.456. The fourth-order valence-electron chi connectivity index (χ4n) is 6.78. The molecule has 0 unspecified atom stereocenters. The summed E-state index contributed by atoms with van der Waals surface area (Å²) in [5, 5.41) is 2.13. The fourth-order valence-corrected chi connectivity index (χ4v) is 6.78. The van der Waals surface area contributed by atoms with Gasteiger partial charge in [-0.25, -0.2) is 4.58 Å². The van der Waals surface area contributed by atoms with E-state index in [1.807, 2.05) is 6.07 Å². The summed E-state index contributed by atoms with van der Waals surface area (Å²) in [4.78, 5) is 2.35. The first kappa shape index (κ1) is 32.9. The standard InChI is InChI=1S/C43H47N2O3/c1-9-44(10-2)32-22-24-34-38(26-32)46-39-27-33(45(11-3)12-4)23-25-35(39)40(34)41-36(47-42-28(5)16-13-17-29(42)6)20-15-21-37(41)48-43-30(7)18-14-19-31(43)8/h13-27H,9-12H2,1-8H3/q+1. The minimum atomic E-state index is 0.727. The predicted molar refractivity (Wildman–Crippen MR) is 200 cm³/mol. The number of hydrogen-bond donors (Lipinski definition) is 0. The molecule has 0 bridgehead atoms. The number of nitrogens with zero attached hydrogens (tertiary/aromatic N) is 2. The molecule has 6 rings (SSSR count). The summed E-state index contributed by atoms with van der Waals surface area (Å²) in [5.74, 6) is 3.98. The van der Waals surface area contributed by atoms with Gasteiger partial charge in [0.25, 0.3) is 0 Å². The van der Waals surface area contributed by atoms with Gasteiger partial charge in [-0.3, -0.25) is 0 Å². The molecule has 0 amide bonds. The molecule has 5 heteroatoms. The molecule has 4 aromatic rings. The fraction of sp³-hybridized carbons (Fsp3) is 0.279. The first-order valence-electron chi connectivity index (χ1n) is 17.2. The smallest absolute Gasteiger partial charge is 0.203 e. The number of hydrogen-bond acceptors (Lipinski definition) is 4. The van der Waals surface area contributed by atoms with Crippen molar-refractivity contribution in [2.75, 3.05) is 31.1 Å². The Morgan fingerprint density at radius 2 is 1.15 bits per heavy atom. The van der Waals surface area contributed by atoms with Crippen molar-refractivity contribution in [2.24, 2.45) is 0 Å². The van der Waals surface area contributed by atoms with Crippen LogP contribution >= 0.6 is 0 Å². The zero-order chi connectivity index (χ0) is 33.9. The quantitative estimate of drug-likeness (QED) is 0.110. The maximum Gasteiger partial charge on any atom is 0.203 e. The highest BCUT2D eigenvalue weighted by Gasteiger charge is 2.26. The van der Waals surface area contributed by atoms with Crippen LogP contribution < -0.4 is 24.3 Å². The summed E-state index contributed by atoms with van der Waals surface area (Å²) < 4.78 is 23.0. The van der Waals surface area contributed by atoms with Crippen LogP contribution in [0.3, 0.4) is 0 Å². The first-order chi connectivity index (χ1) is 23.3. The lowest BCUT2D eigenvalue weighted by Crippen LogP contribution is -2.29. The molecule has 0 saturated heterocycles. The third-order valence-electron chi connectivity index (χ3n) is 9.43. The zero-order valence-electron chi connectivity index (χ0n) is 29.6. The molecule has 0 aromatic heterocycles. The Balaban J connectivity index is 1.73. The molecule has 2 aliphatic rings. The zero-order valence-corrected chi connectivity index (χ0v) is 29.6. The third kappa shape index (κ3) is 6.17. The Bertz CT molecular complexity index is 2020. The monoisotopic (exact) mass is 639 g/mol. The van der Waals surface area contributed by atoms with Crippen LogP contribution in [0.5, 0.6) is 23.0 Å². The van der Waals surface area contributed by atoms with Gasteiger partial charge in [0.05, 0.1) is 11.6 Å². The van der Waals surface area contributed by atoms with Gasteiger partial charge in [0.1, 0.15) is 47.4 Å². The highest BCUT2D eigenvalue weighted by molar-refractivity contribution is 6.05. The van der Waals surface area contributed by atoms with Crippen LogP contribution in [0.15, 0.2) is 95.4 Å². The second kappa shape index (κ2) is 14.0. The second-order valence-corrected chi connectivity index (χ2v) is 12.5. The number of ether oxygens (including phenoxy) is 2. The van der Waals surface area contributed by atoms with E-state index >= 15 is 0 Å². The lowest BCUT2D eigenvalue weighted by atomic mass is 9.92. The molecule has 0 fully saturated rings. The largest absolute Gasteiger partial charge is 0.456 e. The van der Waals surface area contributed by atoms with Crippen LogP contribution in [0.4, 0.5) is 5.69 Å². The summed E-state index contributed by atoms with van der Waals surface area (Å²) >= 11 is 0.